The Kier molecular flexibility index (Phi) is 9.68. The number of allylic oxidation sites excluding steroid dienone is 4. The third-order valence-electron chi connectivity index (χ3n) is 7.29. The number of nitrogens with one attached hydrogen (secondary N) is 1. The van der Waals surface area contributed by atoms with Crippen LogP contribution in [-0.2, 0) is 4.79 Å². The first-order valence-corrected chi connectivity index (χ1v) is 13.9. The van der Waals surface area contributed by atoms with Crippen LogP contribution in [0.25, 0.3) is 27.7 Å². The molecule has 0 radical (unpaired) electrons. The molecule has 4 rings (SSSR count). The Morgan fingerprint density at radius 2 is 1.93 bits per heavy atom. The number of aromatic amines is 1. The van der Waals surface area contributed by atoms with E-state index < -0.39 is 0 Å². The highest BCUT2D eigenvalue weighted by Crippen LogP contribution is 2.35. The van der Waals surface area contributed by atoms with E-state index in [9.17, 15) is 4.79 Å². The van der Waals surface area contributed by atoms with Crippen LogP contribution in [0.3, 0.4) is 0 Å². The highest BCUT2D eigenvalue weighted by Gasteiger charge is 2.26. The van der Waals surface area contributed by atoms with E-state index in [4.69, 9.17) is 22.1 Å². The van der Waals surface area contributed by atoms with Crippen LogP contribution in [-0.4, -0.2) is 91.0 Å². The molecule has 1 aromatic carbocycles. The van der Waals surface area contributed by atoms with Gasteiger partial charge in [-0.1, -0.05) is 35.9 Å². The summed E-state index contributed by atoms with van der Waals surface area (Å²) in [7, 11) is 5.81. The van der Waals surface area contributed by atoms with Crippen LogP contribution in [0.4, 0.5) is 0 Å². The molecular formula is C31H39ClN6O2. The molecule has 3 heterocycles. The van der Waals surface area contributed by atoms with Crippen LogP contribution in [0.2, 0.25) is 0 Å². The molecule has 1 amide bonds. The zero-order chi connectivity index (χ0) is 28.8. The molecule has 9 heteroatoms. The number of benzene rings is 1. The van der Waals surface area contributed by atoms with Crippen molar-refractivity contribution in [3.63, 3.8) is 0 Å². The summed E-state index contributed by atoms with van der Waals surface area (Å²) in [4.78, 5) is 28.1. The van der Waals surface area contributed by atoms with Gasteiger partial charge in [-0.15, -0.1) is 0 Å². The van der Waals surface area contributed by atoms with Crippen LogP contribution >= 0.6 is 11.6 Å². The number of hydrogen-bond donors (Lipinski definition) is 2. The number of rotatable bonds is 9. The molecule has 0 bridgehead atoms. The molecule has 2 aromatic heterocycles. The largest absolute Gasteiger partial charge is 0.496 e. The third-order valence-corrected chi connectivity index (χ3v) is 7.49. The normalized spacial score (nSPS) is 16.0. The minimum absolute atomic E-state index is 0.116. The van der Waals surface area contributed by atoms with Gasteiger partial charge < -0.3 is 25.3 Å². The van der Waals surface area contributed by atoms with Crippen molar-refractivity contribution < 1.29 is 9.53 Å². The summed E-state index contributed by atoms with van der Waals surface area (Å²) in [5, 5.41) is 1.34. The quantitative estimate of drug-likeness (QED) is 0.290. The molecule has 1 aliphatic heterocycles. The van der Waals surface area contributed by atoms with Gasteiger partial charge in [0, 0.05) is 78.8 Å². The number of para-hydroxylation sites is 1. The fraction of sp³-hybridized carbons (Fsp3) is 0.355. The number of hydrogen-bond acceptors (Lipinski definition) is 6. The van der Waals surface area contributed by atoms with Crippen molar-refractivity contribution in [2.45, 2.75) is 13.8 Å². The van der Waals surface area contributed by atoms with Gasteiger partial charge in [0.25, 0.3) is 5.91 Å². The maximum Gasteiger partial charge on any atom is 0.256 e. The smallest absolute Gasteiger partial charge is 0.256 e. The summed E-state index contributed by atoms with van der Waals surface area (Å²) in [6.07, 6.45) is 7.53. The first-order chi connectivity index (χ1) is 19.2. The number of nitrogens with zero attached hydrogens (tertiary/aromatic N) is 4. The maximum atomic E-state index is 13.8. The number of likely N-dealkylation sites (N-methyl/N-ethyl adjacent to an activating group) is 1. The van der Waals surface area contributed by atoms with E-state index in [2.05, 4.69) is 39.9 Å². The van der Waals surface area contributed by atoms with E-state index in [0.29, 0.717) is 23.7 Å². The van der Waals surface area contributed by atoms with Crippen LogP contribution in [0, 0.1) is 0 Å². The van der Waals surface area contributed by atoms with E-state index in [0.717, 1.165) is 65.2 Å². The molecule has 0 spiro atoms. The minimum Gasteiger partial charge on any atom is -0.496 e. The Balaban J connectivity index is 1.66. The van der Waals surface area contributed by atoms with Crippen molar-refractivity contribution in [3.05, 3.63) is 76.7 Å². The Labute approximate surface area is 241 Å². The predicted octanol–water partition coefficient (Wildman–Crippen LogP) is 4.70. The van der Waals surface area contributed by atoms with Gasteiger partial charge in [0.05, 0.1) is 18.4 Å². The molecule has 1 fully saturated rings. The Bertz CT molecular complexity index is 1440. The summed E-state index contributed by atoms with van der Waals surface area (Å²) in [5.41, 5.74) is 11.5. The number of ether oxygens (including phenoxy) is 1. The van der Waals surface area contributed by atoms with Crippen LogP contribution in [0.5, 0.6) is 5.75 Å². The molecular weight excluding hydrogens is 524 g/mol. The van der Waals surface area contributed by atoms with Crippen molar-refractivity contribution in [3.8, 4) is 16.9 Å². The lowest BCUT2D eigenvalue weighted by Gasteiger charge is -2.35. The second-order valence-electron chi connectivity index (χ2n) is 10.2. The number of pyridine rings is 1. The van der Waals surface area contributed by atoms with Crippen LogP contribution < -0.4 is 10.5 Å². The number of nitrogens with two attached hydrogens (primary N) is 1. The van der Waals surface area contributed by atoms with Crippen LogP contribution in [0.1, 0.15) is 19.4 Å². The van der Waals surface area contributed by atoms with Gasteiger partial charge in [0.1, 0.15) is 11.4 Å². The Morgan fingerprint density at radius 1 is 1.20 bits per heavy atom. The molecule has 0 saturated carbocycles. The van der Waals surface area contributed by atoms with Gasteiger partial charge >= 0.3 is 0 Å². The molecule has 40 heavy (non-hydrogen) atoms. The van der Waals surface area contributed by atoms with E-state index in [1.165, 1.54) is 0 Å². The second kappa shape index (κ2) is 13.2. The number of halogens is 1. The van der Waals surface area contributed by atoms with Gasteiger partial charge in [0.15, 0.2) is 0 Å². The van der Waals surface area contributed by atoms with Gasteiger partial charge in [0.2, 0.25) is 0 Å². The van der Waals surface area contributed by atoms with E-state index in [1.807, 2.05) is 54.4 Å². The molecule has 3 N–H and O–H groups in total. The minimum atomic E-state index is -0.116. The molecule has 0 unspecified atom stereocenters. The molecule has 0 aliphatic carbocycles. The molecule has 1 saturated heterocycles. The number of amides is 1. The SMILES string of the molecule is C\C=C(/C=C(C(=O)N1CCN(CCN(C)C)CC1)\C(N)=C(/C)Cl)c1cnc2[nH]cc(-c3ccccc3OC)c2c1. The lowest BCUT2D eigenvalue weighted by Crippen LogP contribution is -2.50. The molecule has 8 nitrogen and oxygen atoms in total. The Morgan fingerprint density at radius 3 is 2.58 bits per heavy atom. The lowest BCUT2D eigenvalue weighted by molar-refractivity contribution is -0.128. The van der Waals surface area contributed by atoms with Gasteiger partial charge in [-0.25, -0.2) is 4.98 Å². The summed E-state index contributed by atoms with van der Waals surface area (Å²) in [6.45, 7) is 8.55. The standard InChI is InChI=1S/C31H39ClN6O2/c1-6-22(23-18-25-27(20-35-30(25)34-19-23)24-9-7-8-10-28(24)40-5)17-26(29(33)21(2)32)31(39)38-15-13-37(14-16-38)12-11-36(3)4/h6-10,17-20H,11-16,33H2,1-5H3,(H,34,35)/b22-6+,26-17+,29-21-. The number of piperazine rings is 1. The topological polar surface area (TPSA) is 90.7 Å². The van der Waals surface area contributed by atoms with E-state index in [1.54, 1.807) is 20.2 Å². The Hall–Kier alpha value is -3.59. The molecule has 3 aromatic rings. The van der Waals surface area contributed by atoms with Crippen LogP contribution in [0.15, 0.2) is 71.2 Å². The number of methoxy groups -OCH3 is 1. The lowest BCUT2D eigenvalue weighted by atomic mass is 9.99. The van der Waals surface area contributed by atoms with Crippen molar-refractivity contribution in [1.82, 2.24) is 24.7 Å². The van der Waals surface area contributed by atoms with Gasteiger partial charge in [-0.05, 0) is 51.7 Å². The highest BCUT2D eigenvalue weighted by molar-refractivity contribution is 6.30. The van der Waals surface area contributed by atoms with Crippen molar-refractivity contribution in [2.24, 2.45) is 5.73 Å². The number of fused-ring (bicyclic) bond motifs is 1. The summed E-state index contributed by atoms with van der Waals surface area (Å²) < 4.78 is 5.60. The highest BCUT2D eigenvalue weighted by atomic mass is 35.5. The summed E-state index contributed by atoms with van der Waals surface area (Å²) in [6, 6.07) is 9.97. The maximum absolute atomic E-state index is 13.8. The third kappa shape index (κ3) is 6.58. The van der Waals surface area contributed by atoms with Crippen molar-refractivity contribution in [2.75, 3.05) is 60.5 Å². The number of carbonyl (C=O) groups is 1. The molecule has 212 valence electrons. The molecule has 1 aliphatic rings. The fourth-order valence-electron chi connectivity index (χ4n) is 4.87. The first-order valence-electron chi connectivity index (χ1n) is 13.5. The average Bonchev–Trinajstić information content (AvgIpc) is 3.39. The zero-order valence-electron chi connectivity index (χ0n) is 24.0. The summed E-state index contributed by atoms with van der Waals surface area (Å²) in [5.74, 6) is 0.666. The summed E-state index contributed by atoms with van der Waals surface area (Å²) >= 11 is 6.34. The van der Waals surface area contributed by atoms with E-state index >= 15 is 0 Å². The number of H-pyrrole nitrogens is 1. The van der Waals surface area contributed by atoms with Crippen molar-refractivity contribution >= 4 is 34.1 Å². The number of carbonyl (C=O) groups excluding carboxylic acids is 1. The number of aromatic nitrogens is 2. The first kappa shape index (κ1) is 29.4. The van der Waals surface area contributed by atoms with Gasteiger partial charge in [-0.3, -0.25) is 9.69 Å². The second-order valence-corrected chi connectivity index (χ2v) is 10.8. The monoisotopic (exact) mass is 562 g/mol. The fourth-order valence-corrected chi connectivity index (χ4v) is 4.97. The van der Waals surface area contributed by atoms with Gasteiger partial charge in [-0.2, -0.15) is 0 Å². The van der Waals surface area contributed by atoms with Crippen molar-refractivity contribution in [1.29, 1.82) is 0 Å². The predicted molar refractivity (Wildman–Crippen MR) is 164 cm³/mol. The van der Waals surface area contributed by atoms with E-state index in [-0.39, 0.29) is 11.6 Å². The molecule has 0 atom stereocenters. The zero-order valence-corrected chi connectivity index (χ0v) is 24.8. The average molecular weight is 563 g/mol.